The Morgan fingerprint density at radius 2 is 1.60 bits per heavy atom. The molecule has 25 heavy (non-hydrogen) atoms. The molecule has 0 bridgehead atoms. The molecular formula is C18H13Cl2NO4. The number of halogens is 2. The summed E-state index contributed by atoms with van der Waals surface area (Å²) >= 11 is 11.9. The highest BCUT2D eigenvalue weighted by atomic mass is 35.5. The zero-order valence-electron chi connectivity index (χ0n) is 13.1. The summed E-state index contributed by atoms with van der Waals surface area (Å²) in [6.07, 6.45) is 0. The maximum absolute atomic E-state index is 12.7. The Kier molecular flexibility index (Phi) is 4.70. The second-order valence-electron chi connectivity index (χ2n) is 5.25. The van der Waals surface area contributed by atoms with Gasteiger partial charge in [-0.15, -0.1) is 0 Å². The molecule has 3 rings (SSSR count). The van der Waals surface area contributed by atoms with Gasteiger partial charge in [-0.3, -0.25) is 9.59 Å². The van der Waals surface area contributed by atoms with E-state index in [-0.39, 0.29) is 21.3 Å². The third kappa shape index (κ3) is 3.21. The number of benzene rings is 2. The Bertz CT molecular complexity index is 870. The SMILES string of the molecule is CCOc1ccc(C2=C(O)C(=O)N(c3cc(Cl)cc(Cl)c3)C2=O)cc1. The Hall–Kier alpha value is -2.50. The lowest BCUT2D eigenvalue weighted by atomic mass is 10.1. The maximum Gasteiger partial charge on any atom is 0.301 e. The van der Waals surface area contributed by atoms with E-state index < -0.39 is 17.6 Å². The molecule has 0 fully saturated rings. The fourth-order valence-electron chi connectivity index (χ4n) is 2.57. The molecule has 0 spiro atoms. The summed E-state index contributed by atoms with van der Waals surface area (Å²) in [4.78, 5) is 26.0. The van der Waals surface area contributed by atoms with E-state index in [1.165, 1.54) is 18.2 Å². The van der Waals surface area contributed by atoms with E-state index in [1.807, 2.05) is 6.92 Å². The van der Waals surface area contributed by atoms with Crippen molar-refractivity contribution in [2.24, 2.45) is 0 Å². The second-order valence-corrected chi connectivity index (χ2v) is 6.13. The van der Waals surface area contributed by atoms with E-state index in [4.69, 9.17) is 27.9 Å². The molecule has 0 saturated heterocycles. The minimum Gasteiger partial charge on any atom is -0.502 e. The van der Waals surface area contributed by atoms with Gasteiger partial charge < -0.3 is 9.84 Å². The van der Waals surface area contributed by atoms with Crippen molar-refractivity contribution in [3.05, 3.63) is 63.8 Å². The number of hydrogen-bond acceptors (Lipinski definition) is 4. The summed E-state index contributed by atoms with van der Waals surface area (Å²) in [7, 11) is 0. The summed E-state index contributed by atoms with van der Waals surface area (Å²) in [5, 5.41) is 10.7. The minimum atomic E-state index is -0.827. The van der Waals surface area contributed by atoms with Crippen molar-refractivity contribution in [2.45, 2.75) is 6.92 Å². The lowest BCUT2D eigenvalue weighted by molar-refractivity contribution is -0.121. The van der Waals surface area contributed by atoms with Crippen molar-refractivity contribution in [1.29, 1.82) is 0 Å². The molecule has 2 amide bonds. The van der Waals surface area contributed by atoms with Crippen LogP contribution in [0.4, 0.5) is 5.69 Å². The molecule has 0 aliphatic carbocycles. The fraction of sp³-hybridized carbons (Fsp3) is 0.111. The molecular weight excluding hydrogens is 365 g/mol. The highest BCUT2D eigenvalue weighted by Crippen LogP contribution is 2.34. The quantitative estimate of drug-likeness (QED) is 0.809. The smallest absolute Gasteiger partial charge is 0.301 e. The monoisotopic (exact) mass is 377 g/mol. The topological polar surface area (TPSA) is 66.8 Å². The first-order valence-electron chi connectivity index (χ1n) is 7.43. The first-order chi connectivity index (χ1) is 11.9. The van der Waals surface area contributed by atoms with Crippen LogP contribution in [0.2, 0.25) is 10.0 Å². The highest BCUT2D eigenvalue weighted by molar-refractivity contribution is 6.45. The number of aliphatic hydroxyl groups is 1. The number of rotatable bonds is 4. The Balaban J connectivity index is 1.99. The molecule has 1 N–H and O–H groups in total. The molecule has 2 aromatic carbocycles. The van der Waals surface area contributed by atoms with Crippen LogP contribution < -0.4 is 9.64 Å². The number of carbonyl (C=O) groups is 2. The van der Waals surface area contributed by atoms with Crippen molar-refractivity contribution in [2.75, 3.05) is 11.5 Å². The Labute approximate surface area is 154 Å². The number of carbonyl (C=O) groups excluding carboxylic acids is 2. The van der Waals surface area contributed by atoms with E-state index in [9.17, 15) is 14.7 Å². The first kappa shape index (κ1) is 17.3. The largest absolute Gasteiger partial charge is 0.502 e. The second kappa shape index (κ2) is 6.78. The van der Waals surface area contributed by atoms with Gasteiger partial charge in [0, 0.05) is 10.0 Å². The van der Waals surface area contributed by atoms with Crippen molar-refractivity contribution in [1.82, 2.24) is 0 Å². The standard InChI is InChI=1S/C18H13Cl2NO4/c1-2-25-14-5-3-10(4-6-14)15-16(22)18(24)21(17(15)23)13-8-11(19)7-12(20)9-13/h3-9,22H,2H2,1H3. The number of nitrogens with zero attached hydrogens (tertiary/aromatic N) is 1. The molecule has 0 saturated carbocycles. The number of ether oxygens (including phenoxy) is 1. The Morgan fingerprint density at radius 3 is 2.16 bits per heavy atom. The van der Waals surface area contributed by atoms with Gasteiger partial charge in [0.25, 0.3) is 5.91 Å². The Morgan fingerprint density at radius 1 is 1.00 bits per heavy atom. The molecule has 2 aromatic rings. The van der Waals surface area contributed by atoms with Crippen molar-refractivity contribution in [3.8, 4) is 5.75 Å². The van der Waals surface area contributed by atoms with Gasteiger partial charge in [-0.25, -0.2) is 4.90 Å². The summed E-state index contributed by atoms with van der Waals surface area (Å²) in [6.45, 7) is 2.36. The zero-order valence-corrected chi connectivity index (χ0v) is 14.6. The molecule has 0 aromatic heterocycles. The lowest BCUT2D eigenvalue weighted by Crippen LogP contribution is -2.31. The van der Waals surface area contributed by atoms with Crippen LogP contribution in [-0.4, -0.2) is 23.5 Å². The summed E-state index contributed by atoms with van der Waals surface area (Å²) in [5.74, 6) is -1.47. The highest BCUT2D eigenvalue weighted by Gasteiger charge is 2.40. The van der Waals surface area contributed by atoms with E-state index in [2.05, 4.69) is 0 Å². The lowest BCUT2D eigenvalue weighted by Gasteiger charge is -2.15. The number of aliphatic hydroxyl groups excluding tert-OH is 1. The van der Waals surface area contributed by atoms with Crippen LogP contribution >= 0.6 is 23.2 Å². The van der Waals surface area contributed by atoms with Crippen LogP contribution in [0.5, 0.6) is 5.75 Å². The van der Waals surface area contributed by atoms with Gasteiger partial charge in [0.15, 0.2) is 5.76 Å². The average molecular weight is 378 g/mol. The number of hydrogen-bond donors (Lipinski definition) is 1. The molecule has 7 heteroatoms. The third-order valence-electron chi connectivity index (χ3n) is 3.62. The van der Waals surface area contributed by atoms with Crippen LogP contribution in [-0.2, 0) is 9.59 Å². The summed E-state index contributed by atoms with van der Waals surface area (Å²) in [5.41, 5.74) is 0.527. The molecule has 0 atom stereocenters. The minimum absolute atomic E-state index is 0.0795. The van der Waals surface area contributed by atoms with Gasteiger partial charge in [0.05, 0.1) is 17.9 Å². The van der Waals surface area contributed by atoms with E-state index in [1.54, 1.807) is 24.3 Å². The third-order valence-corrected chi connectivity index (χ3v) is 4.06. The summed E-state index contributed by atoms with van der Waals surface area (Å²) < 4.78 is 5.34. The van der Waals surface area contributed by atoms with Gasteiger partial charge >= 0.3 is 5.91 Å². The predicted octanol–water partition coefficient (Wildman–Crippen LogP) is 4.23. The normalized spacial score (nSPS) is 14.4. The summed E-state index contributed by atoms with van der Waals surface area (Å²) in [6, 6.07) is 10.9. The number of anilines is 1. The van der Waals surface area contributed by atoms with Crippen molar-refractivity contribution in [3.63, 3.8) is 0 Å². The van der Waals surface area contributed by atoms with E-state index in [0.717, 1.165) is 4.90 Å². The maximum atomic E-state index is 12.7. The van der Waals surface area contributed by atoms with Crippen LogP contribution in [0.15, 0.2) is 48.2 Å². The molecule has 1 aliphatic heterocycles. The van der Waals surface area contributed by atoms with Gasteiger partial charge in [0.2, 0.25) is 0 Å². The first-order valence-corrected chi connectivity index (χ1v) is 8.19. The van der Waals surface area contributed by atoms with E-state index in [0.29, 0.717) is 17.9 Å². The van der Waals surface area contributed by atoms with Crippen LogP contribution in [0.3, 0.4) is 0 Å². The zero-order chi connectivity index (χ0) is 18.1. The van der Waals surface area contributed by atoms with E-state index >= 15 is 0 Å². The molecule has 0 unspecified atom stereocenters. The van der Waals surface area contributed by atoms with Gasteiger partial charge in [-0.2, -0.15) is 0 Å². The van der Waals surface area contributed by atoms with Crippen molar-refractivity contribution >= 4 is 46.3 Å². The van der Waals surface area contributed by atoms with Gasteiger partial charge in [-0.1, -0.05) is 35.3 Å². The molecule has 128 valence electrons. The van der Waals surface area contributed by atoms with Crippen LogP contribution in [0.1, 0.15) is 12.5 Å². The predicted molar refractivity (Wildman–Crippen MR) is 96.1 cm³/mol. The van der Waals surface area contributed by atoms with Crippen LogP contribution in [0, 0.1) is 0 Å². The number of imide groups is 1. The fourth-order valence-corrected chi connectivity index (χ4v) is 3.08. The van der Waals surface area contributed by atoms with Crippen molar-refractivity contribution < 1.29 is 19.4 Å². The molecule has 1 aliphatic rings. The molecule has 0 radical (unpaired) electrons. The van der Waals surface area contributed by atoms with Gasteiger partial charge in [-0.05, 0) is 42.8 Å². The average Bonchev–Trinajstić information content (AvgIpc) is 2.77. The number of amides is 2. The van der Waals surface area contributed by atoms with Gasteiger partial charge in [0.1, 0.15) is 5.75 Å². The van der Waals surface area contributed by atoms with Crippen LogP contribution in [0.25, 0.3) is 5.57 Å². The molecule has 1 heterocycles. The molecule has 5 nitrogen and oxygen atoms in total.